The Kier molecular flexibility index (Phi) is 17.8. The zero-order valence-electron chi connectivity index (χ0n) is 7.24. The summed E-state index contributed by atoms with van der Waals surface area (Å²) in [6.45, 7) is 0. The molecule has 0 saturated heterocycles. The third kappa shape index (κ3) is 13.2. The number of rotatable bonds is 3. The molecular weight excluding hydrogens is 214 g/mol. The third-order valence-electron chi connectivity index (χ3n) is 1.43. The Bertz CT molecular complexity index is 81.8. The van der Waals surface area contributed by atoms with Crippen molar-refractivity contribution in [2.45, 2.75) is 32.1 Å². The molecule has 0 fully saturated rings. The van der Waals surface area contributed by atoms with Gasteiger partial charge in [-0.25, -0.2) is 0 Å². The van der Waals surface area contributed by atoms with Gasteiger partial charge >= 0.3 is 0 Å². The van der Waals surface area contributed by atoms with E-state index in [4.69, 9.17) is 23.2 Å². The van der Waals surface area contributed by atoms with Gasteiger partial charge in [-0.05, 0) is 32.1 Å². The van der Waals surface area contributed by atoms with Crippen molar-refractivity contribution in [1.29, 1.82) is 0 Å². The lowest BCUT2D eigenvalue weighted by Gasteiger charge is -1.83. The summed E-state index contributed by atoms with van der Waals surface area (Å²) in [4.78, 5) is 0. The highest BCUT2D eigenvalue weighted by atomic mass is 35.5. The van der Waals surface area contributed by atoms with Crippen LogP contribution in [-0.4, -0.2) is 11.8 Å². The first kappa shape index (κ1) is 15.1. The lowest BCUT2D eigenvalue weighted by atomic mass is 10.4. The Balaban J connectivity index is 0. The van der Waals surface area contributed by atoms with E-state index in [9.17, 15) is 0 Å². The van der Waals surface area contributed by atoms with E-state index in [0.717, 1.165) is 24.6 Å². The molecule has 0 atom stereocenters. The first-order valence-electron chi connectivity index (χ1n) is 4.18. The summed E-state index contributed by atoms with van der Waals surface area (Å²) in [6.07, 6.45) is 10.6. The molecule has 0 N–H and O–H groups in total. The Morgan fingerprint density at radius 1 is 0.917 bits per heavy atom. The van der Waals surface area contributed by atoms with Crippen LogP contribution in [0.15, 0.2) is 12.2 Å². The van der Waals surface area contributed by atoms with E-state index < -0.39 is 0 Å². The first-order valence-corrected chi connectivity index (χ1v) is 5.25. The molecule has 0 aromatic rings. The monoisotopic (exact) mass is 229 g/mol. The predicted octanol–water partition coefficient (Wildman–Crippen LogP) is 0.975. The standard InChI is InChI=1S/C5H8.C4H8Cl2.ClH/c1-2-4-5-3-1;5-3-1-2-4-6;/h1-2H,3-5H2;1-4H2;1H/p-1. The Hall–Kier alpha value is 0.610. The minimum absolute atomic E-state index is 0. The average Bonchev–Trinajstić information content (AvgIpc) is 2.57. The minimum Gasteiger partial charge on any atom is -1.00 e. The van der Waals surface area contributed by atoms with E-state index >= 15 is 0 Å². The molecule has 74 valence electrons. The Morgan fingerprint density at radius 3 is 1.50 bits per heavy atom. The van der Waals surface area contributed by atoms with Crippen LogP contribution in [0.25, 0.3) is 0 Å². The maximum absolute atomic E-state index is 5.32. The van der Waals surface area contributed by atoms with Crippen LogP contribution >= 0.6 is 23.2 Å². The average molecular weight is 231 g/mol. The van der Waals surface area contributed by atoms with Gasteiger partial charge in [0.15, 0.2) is 0 Å². The zero-order chi connectivity index (χ0) is 8.36. The molecule has 0 aliphatic heterocycles. The number of allylic oxidation sites excluding steroid dienone is 2. The highest BCUT2D eigenvalue weighted by molar-refractivity contribution is 6.18. The number of alkyl halides is 2. The van der Waals surface area contributed by atoms with Crippen molar-refractivity contribution < 1.29 is 12.4 Å². The molecular formula is C9H16Cl3-. The Morgan fingerprint density at radius 2 is 1.33 bits per heavy atom. The van der Waals surface area contributed by atoms with Crippen molar-refractivity contribution in [2.24, 2.45) is 0 Å². The van der Waals surface area contributed by atoms with Gasteiger partial charge in [-0.1, -0.05) is 12.2 Å². The van der Waals surface area contributed by atoms with Crippen molar-refractivity contribution in [3.05, 3.63) is 12.2 Å². The lowest BCUT2D eigenvalue weighted by molar-refractivity contribution is -0.00000222. The van der Waals surface area contributed by atoms with Crippen LogP contribution in [0, 0.1) is 0 Å². The molecule has 0 heterocycles. The van der Waals surface area contributed by atoms with E-state index in [1.165, 1.54) is 19.3 Å². The van der Waals surface area contributed by atoms with Crippen LogP contribution in [0.1, 0.15) is 32.1 Å². The predicted molar refractivity (Wildman–Crippen MR) is 53.7 cm³/mol. The molecule has 0 nitrogen and oxygen atoms in total. The highest BCUT2D eigenvalue weighted by Crippen LogP contribution is 2.05. The van der Waals surface area contributed by atoms with Crippen molar-refractivity contribution in [3.8, 4) is 0 Å². The smallest absolute Gasteiger partial charge is 0.0223 e. The van der Waals surface area contributed by atoms with Gasteiger partial charge < -0.3 is 12.4 Å². The van der Waals surface area contributed by atoms with Gasteiger partial charge in [0, 0.05) is 11.8 Å². The minimum atomic E-state index is 0. The SMILES string of the molecule is C1=CCCC1.ClCCCCCl.[Cl-]. The maximum atomic E-state index is 5.32. The van der Waals surface area contributed by atoms with Crippen LogP contribution in [0.3, 0.4) is 0 Å². The Labute approximate surface area is 91.7 Å². The van der Waals surface area contributed by atoms with E-state index in [2.05, 4.69) is 12.2 Å². The van der Waals surface area contributed by atoms with Crippen molar-refractivity contribution in [1.82, 2.24) is 0 Å². The molecule has 0 unspecified atom stereocenters. The molecule has 0 aromatic carbocycles. The quantitative estimate of drug-likeness (QED) is 0.385. The first-order chi connectivity index (χ1) is 5.41. The van der Waals surface area contributed by atoms with Crippen LogP contribution in [-0.2, 0) is 0 Å². The largest absolute Gasteiger partial charge is 1.00 e. The number of hydrogen-bond acceptors (Lipinski definition) is 0. The van der Waals surface area contributed by atoms with Gasteiger partial charge in [-0.2, -0.15) is 0 Å². The maximum Gasteiger partial charge on any atom is 0.0223 e. The van der Waals surface area contributed by atoms with Crippen LogP contribution in [0.4, 0.5) is 0 Å². The second-order valence-corrected chi connectivity index (χ2v) is 3.24. The molecule has 0 bridgehead atoms. The molecule has 0 spiro atoms. The van der Waals surface area contributed by atoms with Gasteiger partial charge in [0.1, 0.15) is 0 Å². The van der Waals surface area contributed by atoms with Gasteiger partial charge in [-0.15, -0.1) is 23.2 Å². The highest BCUT2D eigenvalue weighted by Gasteiger charge is 1.84. The topological polar surface area (TPSA) is 0 Å². The molecule has 0 saturated carbocycles. The molecule has 1 aliphatic carbocycles. The van der Waals surface area contributed by atoms with Crippen LogP contribution in [0.5, 0.6) is 0 Å². The molecule has 1 rings (SSSR count). The molecule has 1 aliphatic rings. The molecule has 12 heavy (non-hydrogen) atoms. The summed E-state index contributed by atoms with van der Waals surface area (Å²) in [5, 5.41) is 0. The number of hydrogen-bond donors (Lipinski definition) is 0. The van der Waals surface area contributed by atoms with E-state index in [1.54, 1.807) is 0 Å². The fourth-order valence-corrected chi connectivity index (χ4v) is 1.16. The summed E-state index contributed by atoms with van der Waals surface area (Å²) >= 11 is 10.6. The van der Waals surface area contributed by atoms with E-state index in [1.807, 2.05) is 0 Å². The second kappa shape index (κ2) is 14.2. The summed E-state index contributed by atoms with van der Waals surface area (Å²) in [5.74, 6) is 1.49. The van der Waals surface area contributed by atoms with Gasteiger partial charge in [0.25, 0.3) is 0 Å². The third-order valence-corrected chi connectivity index (χ3v) is 1.96. The molecule has 0 amide bonds. The number of halogens is 3. The lowest BCUT2D eigenvalue weighted by Crippen LogP contribution is -3.00. The van der Waals surface area contributed by atoms with Gasteiger partial charge in [0.2, 0.25) is 0 Å². The van der Waals surface area contributed by atoms with E-state index in [0.29, 0.717) is 0 Å². The van der Waals surface area contributed by atoms with Gasteiger partial charge in [-0.3, -0.25) is 0 Å². The zero-order valence-corrected chi connectivity index (χ0v) is 9.51. The fourth-order valence-electron chi connectivity index (χ4n) is 0.778. The summed E-state index contributed by atoms with van der Waals surface area (Å²) in [7, 11) is 0. The fraction of sp³-hybridized carbons (Fsp3) is 0.778. The second-order valence-electron chi connectivity index (χ2n) is 2.49. The van der Waals surface area contributed by atoms with Crippen molar-refractivity contribution >= 4 is 23.2 Å². The number of unbranched alkanes of at least 4 members (excludes halogenated alkanes) is 1. The summed E-state index contributed by atoms with van der Waals surface area (Å²) in [6, 6.07) is 0. The molecule has 0 aromatic heterocycles. The van der Waals surface area contributed by atoms with Crippen LogP contribution < -0.4 is 12.4 Å². The summed E-state index contributed by atoms with van der Waals surface area (Å²) in [5.41, 5.74) is 0. The van der Waals surface area contributed by atoms with Crippen molar-refractivity contribution in [3.63, 3.8) is 0 Å². The molecule has 3 heteroatoms. The molecule has 0 radical (unpaired) electrons. The summed E-state index contributed by atoms with van der Waals surface area (Å²) < 4.78 is 0. The van der Waals surface area contributed by atoms with Crippen LogP contribution in [0.2, 0.25) is 0 Å². The normalized spacial score (nSPS) is 13.2. The van der Waals surface area contributed by atoms with Crippen molar-refractivity contribution in [2.75, 3.05) is 11.8 Å². The van der Waals surface area contributed by atoms with E-state index in [-0.39, 0.29) is 12.4 Å². The van der Waals surface area contributed by atoms with Gasteiger partial charge in [0.05, 0.1) is 0 Å².